The molecular formula is C14H17N3O. The summed E-state index contributed by atoms with van der Waals surface area (Å²) in [6.07, 6.45) is 3.05. The molecule has 0 saturated heterocycles. The molecule has 1 aromatic heterocycles. The van der Waals surface area contributed by atoms with Crippen molar-refractivity contribution in [3.63, 3.8) is 0 Å². The number of benzene rings is 1. The van der Waals surface area contributed by atoms with Gasteiger partial charge in [-0.25, -0.2) is 0 Å². The minimum absolute atomic E-state index is 0.282. The van der Waals surface area contributed by atoms with Crippen LogP contribution in [0.3, 0.4) is 0 Å². The van der Waals surface area contributed by atoms with Crippen molar-refractivity contribution < 1.29 is 4.52 Å². The molecule has 2 aromatic rings. The number of nitrogens with two attached hydrogens (primary N) is 1. The summed E-state index contributed by atoms with van der Waals surface area (Å²) in [6.45, 7) is 2.06. The van der Waals surface area contributed by atoms with Gasteiger partial charge in [0, 0.05) is 17.5 Å². The first-order valence-electron chi connectivity index (χ1n) is 6.38. The molecule has 94 valence electrons. The molecule has 0 spiro atoms. The maximum absolute atomic E-state index is 5.91. The van der Waals surface area contributed by atoms with E-state index < -0.39 is 0 Å². The summed E-state index contributed by atoms with van der Waals surface area (Å²) < 4.78 is 5.36. The second-order valence-electron chi connectivity index (χ2n) is 5.09. The third-order valence-corrected chi connectivity index (χ3v) is 3.57. The first kappa shape index (κ1) is 11.4. The third kappa shape index (κ3) is 2.16. The standard InChI is InChI=1S/C14H17N3O/c1-9-2-4-10(5-3-9)13-16-14(18-17-13)11-6-7-12(15)8-11/h2-5,11-12H,6-8,15H2,1H3/t11-,12+/m1/s1. The maximum atomic E-state index is 5.91. The molecule has 4 heteroatoms. The van der Waals surface area contributed by atoms with Gasteiger partial charge in [0.15, 0.2) is 0 Å². The van der Waals surface area contributed by atoms with E-state index in [4.69, 9.17) is 10.3 Å². The van der Waals surface area contributed by atoms with Crippen LogP contribution in [-0.2, 0) is 0 Å². The molecule has 0 amide bonds. The van der Waals surface area contributed by atoms with Gasteiger partial charge < -0.3 is 10.3 Å². The van der Waals surface area contributed by atoms with Crippen molar-refractivity contribution in [2.75, 3.05) is 0 Å². The van der Waals surface area contributed by atoms with Gasteiger partial charge in [-0.2, -0.15) is 4.98 Å². The van der Waals surface area contributed by atoms with E-state index >= 15 is 0 Å². The van der Waals surface area contributed by atoms with Gasteiger partial charge in [-0.05, 0) is 26.2 Å². The van der Waals surface area contributed by atoms with E-state index in [9.17, 15) is 0 Å². The van der Waals surface area contributed by atoms with Gasteiger partial charge in [-0.3, -0.25) is 0 Å². The van der Waals surface area contributed by atoms with Crippen LogP contribution in [0.25, 0.3) is 11.4 Å². The number of nitrogens with zero attached hydrogens (tertiary/aromatic N) is 2. The lowest BCUT2D eigenvalue weighted by Gasteiger charge is -2.01. The Morgan fingerprint density at radius 3 is 2.67 bits per heavy atom. The first-order chi connectivity index (χ1) is 8.72. The second-order valence-corrected chi connectivity index (χ2v) is 5.09. The lowest BCUT2D eigenvalue weighted by molar-refractivity contribution is 0.353. The van der Waals surface area contributed by atoms with Crippen molar-refractivity contribution in [1.82, 2.24) is 10.1 Å². The highest BCUT2D eigenvalue weighted by Gasteiger charge is 2.27. The molecule has 0 unspecified atom stereocenters. The maximum Gasteiger partial charge on any atom is 0.230 e. The van der Waals surface area contributed by atoms with Gasteiger partial charge in [-0.1, -0.05) is 35.0 Å². The SMILES string of the molecule is Cc1ccc(-c2noc([C@@H]3CC[C@H](N)C3)n2)cc1. The Hall–Kier alpha value is -1.68. The van der Waals surface area contributed by atoms with Gasteiger partial charge >= 0.3 is 0 Å². The molecular weight excluding hydrogens is 226 g/mol. The topological polar surface area (TPSA) is 64.9 Å². The van der Waals surface area contributed by atoms with Gasteiger partial charge in [0.2, 0.25) is 11.7 Å². The van der Waals surface area contributed by atoms with E-state index in [1.54, 1.807) is 0 Å². The molecule has 1 aliphatic carbocycles. The highest BCUT2D eigenvalue weighted by atomic mass is 16.5. The largest absolute Gasteiger partial charge is 0.339 e. The fourth-order valence-corrected chi connectivity index (χ4v) is 2.46. The Labute approximate surface area is 106 Å². The molecule has 2 atom stereocenters. The van der Waals surface area contributed by atoms with E-state index in [1.807, 2.05) is 12.1 Å². The van der Waals surface area contributed by atoms with Gasteiger partial charge in [0.1, 0.15) is 0 Å². The average Bonchev–Trinajstić information content (AvgIpc) is 2.98. The molecule has 1 fully saturated rings. The number of hydrogen-bond donors (Lipinski definition) is 1. The molecule has 4 nitrogen and oxygen atoms in total. The summed E-state index contributed by atoms with van der Waals surface area (Å²) in [6, 6.07) is 8.42. The lowest BCUT2D eigenvalue weighted by atomic mass is 10.1. The normalized spacial score (nSPS) is 23.4. The molecule has 1 aromatic carbocycles. The summed E-state index contributed by atoms with van der Waals surface area (Å²) in [7, 11) is 0. The number of rotatable bonds is 2. The van der Waals surface area contributed by atoms with Crippen molar-refractivity contribution in [2.24, 2.45) is 5.73 Å². The Kier molecular flexibility index (Phi) is 2.88. The average molecular weight is 243 g/mol. The molecule has 0 aliphatic heterocycles. The fourth-order valence-electron chi connectivity index (χ4n) is 2.46. The molecule has 1 aliphatic rings. The van der Waals surface area contributed by atoms with Crippen molar-refractivity contribution in [3.8, 4) is 11.4 Å². The predicted octanol–water partition coefficient (Wildman–Crippen LogP) is 2.64. The smallest absolute Gasteiger partial charge is 0.230 e. The van der Waals surface area contributed by atoms with Gasteiger partial charge in [-0.15, -0.1) is 0 Å². The van der Waals surface area contributed by atoms with E-state index in [0.29, 0.717) is 11.7 Å². The van der Waals surface area contributed by atoms with Crippen LogP contribution in [0.5, 0.6) is 0 Å². The van der Waals surface area contributed by atoms with Gasteiger partial charge in [0.25, 0.3) is 0 Å². The molecule has 0 bridgehead atoms. The summed E-state index contributed by atoms with van der Waals surface area (Å²) >= 11 is 0. The van der Waals surface area contributed by atoms with Crippen molar-refractivity contribution in [3.05, 3.63) is 35.7 Å². The zero-order valence-corrected chi connectivity index (χ0v) is 10.5. The van der Waals surface area contributed by atoms with E-state index in [-0.39, 0.29) is 6.04 Å². The van der Waals surface area contributed by atoms with Crippen molar-refractivity contribution in [2.45, 2.75) is 38.1 Å². The monoisotopic (exact) mass is 243 g/mol. The molecule has 2 N–H and O–H groups in total. The van der Waals surface area contributed by atoms with Gasteiger partial charge in [0.05, 0.1) is 0 Å². The molecule has 0 radical (unpaired) electrons. The minimum atomic E-state index is 0.282. The molecule has 1 heterocycles. The van der Waals surface area contributed by atoms with E-state index in [1.165, 1.54) is 5.56 Å². The number of aromatic nitrogens is 2. The number of aryl methyl sites for hydroxylation is 1. The Morgan fingerprint density at radius 1 is 1.22 bits per heavy atom. The third-order valence-electron chi connectivity index (χ3n) is 3.57. The molecule has 3 rings (SSSR count). The summed E-state index contributed by atoms with van der Waals surface area (Å²) in [5, 5.41) is 4.06. The molecule has 18 heavy (non-hydrogen) atoms. The molecule has 1 saturated carbocycles. The zero-order valence-electron chi connectivity index (χ0n) is 10.5. The summed E-state index contributed by atoms with van der Waals surface area (Å²) in [5.41, 5.74) is 8.13. The predicted molar refractivity (Wildman–Crippen MR) is 69.0 cm³/mol. The van der Waals surface area contributed by atoms with Crippen LogP contribution in [0.4, 0.5) is 0 Å². The van der Waals surface area contributed by atoms with Crippen LogP contribution in [0.15, 0.2) is 28.8 Å². The highest BCUT2D eigenvalue weighted by molar-refractivity contribution is 5.54. The number of hydrogen-bond acceptors (Lipinski definition) is 4. The van der Waals surface area contributed by atoms with E-state index in [0.717, 1.165) is 30.7 Å². The lowest BCUT2D eigenvalue weighted by Crippen LogP contribution is -2.14. The summed E-state index contributed by atoms with van der Waals surface area (Å²) in [5.74, 6) is 1.75. The first-order valence-corrected chi connectivity index (χ1v) is 6.38. The zero-order chi connectivity index (χ0) is 12.5. The Balaban J connectivity index is 1.83. The van der Waals surface area contributed by atoms with Crippen molar-refractivity contribution in [1.29, 1.82) is 0 Å². The van der Waals surface area contributed by atoms with Crippen molar-refractivity contribution >= 4 is 0 Å². The van der Waals surface area contributed by atoms with Crippen LogP contribution in [0, 0.1) is 6.92 Å². The minimum Gasteiger partial charge on any atom is -0.339 e. The quantitative estimate of drug-likeness (QED) is 0.880. The van der Waals surface area contributed by atoms with Crippen LogP contribution < -0.4 is 5.73 Å². The van der Waals surface area contributed by atoms with Crippen LogP contribution in [0.1, 0.15) is 36.6 Å². The van der Waals surface area contributed by atoms with Crippen LogP contribution in [-0.4, -0.2) is 16.2 Å². The summed E-state index contributed by atoms with van der Waals surface area (Å²) in [4.78, 5) is 4.49. The second kappa shape index (κ2) is 4.53. The Morgan fingerprint density at radius 2 is 2.00 bits per heavy atom. The highest BCUT2D eigenvalue weighted by Crippen LogP contribution is 2.33. The van der Waals surface area contributed by atoms with Crippen LogP contribution >= 0.6 is 0 Å². The Bertz CT molecular complexity index is 532. The fraction of sp³-hybridized carbons (Fsp3) is 0.429. The van der Waals surface area contributed by atoms with E-state index in [2.05, 4.69) is 29.2 Å². The van der Waals surface area contributed by atoms with Crippen LogP contribution in [0.2, 0.25) is 0 Å².